The van der Waals surface area contributed by atoms with E-state index in [1.54, 1.807) is 49.7 Å². The number of carbonyl (C=O) groups excluding carboxylic acids is 2. The average Bonchev–Trinajstić information content (AvgIpc) is 3.07. The minimum Gasteiger partial charge on any atom is -0.346 e. The molecule has 0 aliphatic carbocycles. The molecule has 2 heterocycles. The molecule has 6 nitrogen and oxygen atoms in total. The van der Waals surface area contributed by atoms with Crippen molar-refractivity contribution in [2.45, 2.75) is 25.3 Å². The summed E-state index contributed by atoms with van der Waals surface area (Å²) in [5.74, 6) is -0.302. The molecule has 1 saturated heterocycles. The van der Waals surface area contributed by atoms with Gasteiger partial charge in [0.15, 0.2) is 5.54 Å². The van der Waals surface area contributed by atoms with Crippen LogP contribution in [0.15, 0.2) is 42.9 Å². The number of nitrogens with zero attached hydrogens (tertiary/aromatic N) is 4. The van der Waals surface area contributed by atoms with E-state index in [0.29, 0.717) is 24.2 Å². The van der Waals surface area contributed by atoms with Crippen LogP contribution < -0.4 is 0 Å². The molecule has 0 saturated carbocycles. The van der Waals surface area contributed by atoms with Crippen LogP contribution >= 0.6 is 0 Å². The second-order valence-corrected chi connectivity index (χ2v) is 6.58. The first kappa shape index (κ1) is 17.1. The van der Waals surface area contributed by atoms with Gasteiger partial charge in [-0.05, 0) is 31.9 Å². The molecule has 0 N–H and O–H groups in total. The van der Waals surface area contributed by atoms with Gasteiger partial charge < -0.3 is 9.80 Å². The second kappa shape index (κ2) is 6.63. The third kappa shape index (κ3) is 2.88. The number of likely N-dealkylation sites (N-methyl/N-ethyl adjacent to an activating group) is 1. The Hall–Kier alpha value is -2.76. The molecule has 6 heteroatoms. The van der Waals surface area contributed by atoms with E-state index >= 15 is 0 Å². The molecule has 1 aromatic carbocycles. The number of hydrogen-bond donors (Lipinski definition) is 0. The quantitative estimate of drug-likeness (QED) is 0.858. The van der Waals surface area contributed by atoms with E-state index in [-0.39, 0.29) is 11.8 Å². The highest BCUT2D eigenvalue weighted by molar-refractivity contribution is 6.00. The van der Waals surface area contributed by atoms with Crippen molar-refractivity contribution in [2.75, 3.05) is 20.6 Å². The monoisotopic (exact) mass is 338 g/mol. The van der Waals surface area contributed by atoms with Crippen LogP contribution in [-0.2, 0) is 10.3 Å². The predicted octanol–water partition coefficient (Wildman–Crippen LogP) is 2.00. The highest BCUT2D eigenvalue weighted by Crippen LogP contribution is 2.40. The number of amides is 2. The van der Waals surface area contributed by atoms with E-state index in [1.807, 2.05) is 19.1 Å². The van der Waals surface area contributed by atoms with E-state index in [2.05, 4.69) is 9.97 Å². The van der Waals surface area contributed by atoms with Crippen molar-refractivity contribution in [1.82, 2.24) is 19.8 Å². The molecule has 1 atom stereocenters. The first-order valence-electron chi connectivity index (χ1n) is 8.33. The molecule has 0 spiro atoms. The van der Waals surface area contributed by atoms with E-state index < -0.39 is 5.54 Å². The van der Waals surface area contributed by atoms with Crippen LogP contribution in [0.25, 0.3) is 0 Å². The van der Waals surface area contributed by atoms with Gasteiger partial charge in [0.05, 0.1) is 11.9 Å². The van der Waals surface area contributed by atoms with Gasteiger partial charge in [0.2, 0.25) is 0 Å². The highest BCUT2D eigenvalue weighted by atomic mass is 16.2. The van der Waals surface area contributed by atoms with Gasteiger partial charge in [-0.1, -0.05) is 17.7 Å². The standard InChI is InChI=1S/C19H22N4O2/c1-14-5-7-15(8-6-14)17(24)23-12-4-9-19(23,18(25)22(2)3)16-13-20-10-11-21-16/h5-8,10-11,13H,4,9,12H2,1-3H3/t19-/m1/s1. The first-order valence-corrected chi connectivity index (χ1v) is 8.33. The summed E-state index contributed by atoms with van der Waals surface area (Å²) < 4.78 is 0. The number of rotatable bonds is 3. The lowest BCUT2D eigenvalue weighted by Gasteiger charge is -2.38. The van der Waals surface area contributed by atoms with Gasteiger partial charge in [-0.25, -0.2) is 0 Å². The first-order chi connectivity index (χ1) is 12.0. The Labute approximate surface area is 147 Å². The summed E-state index contributed by atoms with van der Waals surface area (Å²) in [4.78, 5) is 38.0. The van der Waals surface area contributed by atoms with Crippen LogP contribution in [0.5, 0.6) is 0 Å². The predicted molar refractivity (Wildman–Crippen MR) is 93.9 cm³/mol. The van der Waals surface area contributed by atoms with Crippen LogP contribution in [0.4, 0.5) is 0 Å². The van der Waals surface area contributed by atoms with Crippen molar-refractivity contribution in [3.8, 4) is 0 Å². The van der Waals surface area contributed by atoms with Crippen LogP contribution in [0, 0.1) is 6.92 Å². The number of aromatic nitrogens is 2. The third-order valence-electron chi connectivity index (χ3n) is 4.67. The Morgan fingerprint density at radius 3 is 2.48 bits per heavy atom. The Bertz CT molecular complexity index is 774. The SMILES string of the molecule is Cc1ccc(C(=O)N2CCC[C@]2(C(=O)N(C)C)c2cnccn2)cc1. The minimum absolute atomic E-state index is 0.147. The molecular weight excluding hydrogens is 316 g/mol. The summed E-state index contributed by atoms with van der Waals surface area (Å²) >= 11 is 0. The molecule has 25 heavy (non-hydrogen) atoms. The largest absolute Gasteiger partial charge is 0.346 e. The summed E-state index contributed by atoms with van der Waals surface area (Å²) in [6.07, 6.45) is 6.00. The zero-order chi connectivity index (χ0) is 18.0. The molecule has 1 aliphatic rings. The van der Waals surface area contributed by atoms with Crippen LogP contribution in [-0.4, -0.2) is 52.2 Å². The van der Waals surface area contributed by atoms with Gasteiger partial charge in [0.1, 0.15) is 0 Å². The zero-order valence-electron chi connectivity index (χ0n) is 14.8. The molecule has 130 valence electrons. The summed E-state index contributed by atoms with van der Waals surface area (Å²) in [7, 11) is 3.40. The number of hydrogen-bond acceptors (Lipinski definition) is 4. The topological polar surface area (TPSA) is 66.4 Å². The zero-order valence-corrected chi connectivity index (χ0v) is 14.8. The van der Waals surface area contributed by atoms with Gasteiger partial charge in [-0.3, -0.25) is 19.6 Å². The highest BCUT2D eigenvalue weighted by Gasteiger charge is 2.53. The fraction of sp³-hybridized carbons (Fsp3) is 0.368. The smallest absolute Gasteiger partial charge is 0.255 e. The second-order valence-electron chi connectivity index (χ2n) is 6.58. The van der Waals surface area contributed by atoms with E-state index in [4.69, 9.17) is 0 Å². The van der Waals surface area contributed by atoms with E-state index in [1.165, 1.54) is 4.90 Å². The van der Waals surface area contributed by atoms with E-state index in [0.717, 1.165) is 12.0 Å². The Balaban J connectivity index is 2.09. The van der Waals surface area contributed by atoms with Crippen molar-refractivity contribution < 1.29 is 9.59 Å². The van der Waals surface area contributed by atoms with Crippen LogP contribution in [0.2, 0.25) is 0 Å². The maximum Gasteiger partial charge on any atom is 0.255 e. The van der Waals surface area contributed by atoms with Gasteiger partial charge >= 0.3 is 0 Å². The molecule has 1 fully saturated rings. The van der Waals surface area contributed by atoms with E-state index in [9.17, 15) is 9.59 Å². The van der Waals surface area contributed by atoms with Gasteiger partial charge in [-0.2, -0.15) is 0 Å². The van der Waals surface area contributed by atoms with Gasteiger partial charge in [0, 0.05) is 38.6 Å². The number of likely N-dealkylation sites (tertiary alicyclic amines) is 1. The Kier molecular flexibility index (Phi) is 4.53. The number of aryl methyl sites for hydroxylation is 1. The normalized spacial score (nSPS) is 19.7. The molecular formula is C19H22N4O2. The molecule has 1 aliphatic heterocycles. The molecule has 0 unspecified atom stereocenters. The maximum atomic E-state index is 13.2. The fourth-order valence-electron chi connectivity index (χ4n) is 3.43. The van der Waals surface area contributed by atoms with Crippen molar-refractivity contribution in [1.29, 1.82) is 0 Å². The van der Waals surface area contributed by atoms with Crippen molar-refractivity contribution in [2.24, 2.45) is 0 Å². The molecule has 3 rings (SSSR count). The summed E-state index contributed by atoms with van der Waals surface area (Å²) in [5, 5.41) is 0. The summed E-state index contributed by atoms with van der Waals surface area (Å²) in [6.45, 7) is 2.49. The average molecular weight is 338 g/mol. The summed E-state index contributed by atoms with van der Waals surface area (Å²) in [5.41, 5.74) is 1.08. The lowest BCUT2D eigenvalue weighted by molar-refractivity contribution is -0.140. The molecule has 2 amide bonds. The lowest BCUT2D eigenvalue weighted by atomic mass is 9.89. The number of carbonyl (C=O) groups is 2. The van der Waals surface area contributed by atoms with Crippen LogP contribution in [0.1, 0.15) is 34.5 Å². The summed E-state index contributed by atoms with van der Waals surface area (Å²) in [6, 6.07) is 7.41. The fourth-order valence-corrected chi connectivity index (χ4v) is 3.43. The van der Waals surface area contributed by atoms with Crippen molar-refractivity contribution in [3.63, 3.8) is 0 Å². The minimum atomic E-state index is -1.10. The third-order valence-corrected chi connectivity index (χ3v) is 4.67. The Morgan fingerprint density at radius 1 is 1.16 bits per heavy atom. The van der Waals surface area contributed by atoms with Crippen molar-refractivity contribution in [3.05, 3.63) is 59.7 Å². The maximum absolute atomic E-state index is 13.2. The van der Waals surface area contributed by atoms with Crippen molar-refractivity contribution >= 4 is 11.8 Å². The number of benzene rings is 1. The molecule has 2 aromatic rings. The molecule has 0 bridgehead atoms. The van der Waals surface area contributed by atoms with Gasteiger partial charge in [-0.15, -0.1) is 0 Å². The Morgan fingerprint density at radius 2 is 1.88 bits per heavy atom. The van der Waals surface area contributed by atoms with Gasteiger partial charge in [0.25, 0.3) is 11.8 Å². The lowest BCUT2D eigenvalue weighted by Crippen LogP contribution is -2.55. The van der Waals surface area contributed by atoms with Crippen LogP contribution in [0.3, 0.4) is 0 Å². The molecule has 0 radical (unpaired) electrons. The molecule has 1 aromatic heterocycles.